The summed E-state index contributed by atoms with van der Waals surface area (Å²) in [6.45, 7) is 2.28. The van der Waals surface area contributed by atoms with Crippen molar-refractivity contribution in [1.82, 2.24) is 4.57 Å². The van der Waals surface area contributed by atoms with Gasteiger partial charge >= 0.3 is 0 Å². The van der Waals surface area contributed by atoms with Gasteiger partial charge in [0.1, 0.15) is 10.8 Å². The van der Waals surface area contributed by atoms with Gasteiger partial charge in [-0.15, -0.1) is 0 Å². The van der Waals surface area contributed by atoms with Crippen LogP contribution in [0.25, 0.3) is 0 Å². The molecule has 1 aromatic heterocycles. The third kappa shape index (κ3) is 3.61. The van der Waals surface area contributed by atoms with Crippen molar-refractivity contribution in [3.63, 3.8) is 0 Å². The number of pyridine rings is 1. The van der Waals surface area contributed by atoms with Gasteiger partial charge in [-0.05, 0) is 30.7 Å². The molecular formula is C18H16Cl2N2O4. The molecule has 1 amide bonds. The van der Waals surface area contributed by atoms with E-state index in [0.717, 1.165) is 11.0 Å². The molecule has 1 aromatic carbocycles. The smallest absolute Gasteiger partial charge is 0.269 e. The van der Waals surface area contributed by atoms with E-state index in [2.05, 4.69) is 0 Å². The summed E-state index contributed by atoms with van der Waals surface area (Å²) in [4.78, 5) is 38.4. The first-order valence-corrected chi connectivity index (χ1v) is 8.82. The summed E-state index contributed by atoms with van der Waals surface area (Å²) in [6.07, 6.45) is 2.14. The molecule has 0 fully saturated rings. The van der Waals surface area contributed by atoms with E-state index in [1.807, 2.05) is 6.92 Å². The summed E-state index contributed by atoms with van der Waals surface area (Å²) in [5.41, 5.74) is 0.435. The number of fused-ring (bicyclic) bond motifs is 1. The second-order valence-electron chi connectivity index (χ2n) is 5.88. The van der Waals surface area contributed by atoms with Crippen molar-refractivity contribution in [3.05, 3.63) is 56.4 Å². The Bertz CT molecular complexity index is 939. The minimum atomic E-state index is -0.492. The number of ether oxygens (including phenoxy) is 1. The Kier molecular flexibility index (Phi) is 5.34. The molecule has 3 rings (SSSR count). The number of ketones is 1. The van der Waals surface area contributed by atoms with E-state index in [-0.39, 0.29) is 34.9 Å². The minimum Gasteiger partial charge on any atom is -0.482 e. The number of nitrogens with zero attached hydrogens (tertiary/aromatic N) is 2. The normalized spacial score (nSPS) is 13.3. The first kappa shape index (κ1) is 18.5. The van der Waals surface area contributed by atoms with Crippen LogP contribution in [0.2, 0.25) is 10.0 Å². The summed E-state index contributed by atoms with van der Waals surface area (Å²) in [7, 11) is 0. The Morgan fingerprint density at radius 1 is 1.23 bits per heavy atom. The molecule has 8 heteroatoms. The van der Waals surface area contributed by atoms with E-state index in [1.165, 1.54) is 12.3 Å². The minimum absolute atomic E-state index is 0.0172. The van der Waals surface area contributed by atoms with Crippen LogP contribution in [0.15, 0.2) is 35.3 Å². The zero-order valence-corrected chi connectivity index (χ0v) is 15.5. The highest BCUT2D eigenvalue weighted by Crippen LogP contribution is 2.33. The highest BCUT2D eigenvalue weighted by molar-refractivity contribution is 6.34. The van der Waals surface area contributed by atoms with Gasteiger partial charge in [-0.3, -0.25) is 14.4 Å². The maximum absolute atomic E-state index is 12.6. The van der Waals surface area contributed by atoms with E-state index in [0.29, 0.717) is 23.5 Å². The molecule has 2 heterocycles. The quantitative estimate of drug-likeness (QED) is 0.730. The Balaban J connectivity index is 1.92. The van der Waals surface area contributed by atoms with E-state index in [4.69, 9.17) is 27.9 Å². The highest BCUT2D eigenvalue weighted by Gasteiger charge is 2.26. The standard InChI is InChI=1S/C18H16Cl2N2O4/c1-2-5-22-14-6-11(3-4-16(14)26-10-17(22)24)15(23)9-21-8-12(19)7-13(20)18(21)25/h3-4,6-8H,2,5,9-10H2,1H3. The van der Waals surface area contributed by atoms with Gasteiger partial charge in [0.25, 0.3) is 11.5 Å². The largest absolute Gasteiger partial charge is 0.482 e. The maximum Gasteiger partial charge on any atom is 0.269 e. The van der Waals surface area contributed by atoms with Gasteiger partial charge in [-0.2, -0.15) is 0 Å². The first-order chi connectivity index (χ1) is 12.4. The summed E-state index contributed by atoms with van der Waals surface area (Å²) in [5, 5.41) is 0.213. The van der Waals surface area contributed by atoms with Crippen LogP contribution < -0.4 is 15.2 Å². The number of amides is 1. The molecule has 0 unspecified atom stereocenters. The van der Waals surface area contributed by atoms with Gasteiger partial charge in [0.15, 0.2) is 12.4 Å². The van der Waals surface area contributed by atoms with Crippen LogP contribution in [0.5, 0.6) is 5.75 Å². The van der Waals surface area contributed by atoms with Crippen molar-refractivity contribution < 1.29 is 14.3 Å². The van der Waals surface area contributed by atoms with Crippen LogP contribution in [-0.4, -0.2) is 29.4 Å². The average molecular weight is 395 g/mol. The second kappa shape index (κ2) is 7.51. The topological polar surface area (TPSA) is 68.6 Å². The molecule has 136 valence electrons. The molecule has 1 aliphatic heterocycles. The van der Waals surface area contributed by atoms with E-state index in [1.54, 1.807) is 23.1 Å². The number of aromatic nitrogens is 1. The fourth-order valence-corrected chi connectivity index (χ4v) is 3.28. The molecule has 0 radical (unpaired) electrons. The Hall–Kier alpha value is -2.31. The second-order valence-corrected chi connectivity index (χ2v) is 6.72. The number of benzene rings is 1. The van der Waals surface area contributed by atoms with Crippen molar-refractivity contribution in [1.29, 1.82) is 0 Å². The molecule has 0 N–H and O–H groups in total. The van der Waals surface area contributed by atoms with Crippen LogP contribution in [0.1, 0.15) is 23.7 Å². The zero-order chi connectivity index (χ0) is 18.8. The van der Waals surface area contributed by atoms with Crippen molar-refractivity contribution in [2.24, 2.45) is 0 Å². The number of anilines is 1. The number of halogens is 2. The average Bonchev–Trinajstić information content (AvgIpc) is 2.61. The number of rotatable bonds is 5. The van der Waals surface area contributed by atoms with Crippen LogP contribution in [0.4, 0.5) is 5.69 Å². The molecule has 0 saturated carbocycles. The molecule has 0 spiro atoms. The molecular weight excluding hydrogens is 379 g/mol. The molecule has 0 saturated heterocycles. The first-order valence-electron chi connectivity index (χ1n) is 8.06. The lowest BCUT2D eigenvalue weighted by Gasteiger charge is -2.29. The van der Waals surface area contributed by atoms with Crippen molar-refractivity contribution in [2.45, 2.75) is 19.9 Å². The molecule has 0 aliphatic carbocycles. The third-order valence-corrected chi connectivity index (χ3v) is 4.47. The molecule has 0 bridgehead atoms. The number of carbonyl (C=O) groups excluding carboxylic acids is 2. The lowest BCUT2D eigenvalue weighted by Crippen LogP contribution is -2.39. The fraction of sp³-hybridized carbons (Fsp3) is 0.278. The molecule has 2 aromatic rings. The molecule has 6 nitrogen and oxygen atoms in total. The van der Waals surface area contributed by atoms with Crippen LogP contribution in [0.3, 0.4) is 0 Å². The van der Waals surface area contributed by atoms with E-state index < -0.39 is 5.56 Å². The van der Waals surface area contributed by atoms with Crippen LogP contribution in [-0.2, 0) is 11.3 Å². The van der Waals surface area contributed by atoms with E-state index in [9.17, 15) is 14.4 Å². The maximum atomic E-state index is 12.6. The highest BCUT2D eigenvalue weighted by atomic mass is 35.5. The number of hydrogen-bond acceptors (Lipinski definition) is 4. The number of hydrogen-bond donors (Lipinski definition) is 0. The predicted molar refractivity (Wildman–Crippen MR) is 99.6 cm³/mol. The van der Waals surface area contributed by atoms with Gasteiger partial charge in [-0.25, -0.2) is 0 Å². The lowest BCUT2D eigenvalue weighted by atomic mass is 10.1. The summed E-state index contributed by atoms with van der Waals surface area (Å²) in [6, 6.07) is 6.21. The van der Waals surface area contributed by atoms with Gasteiger partial charge in [0, 0.05) is 18.3 Å². The Morgan fingerprint density at radius 3 is 2.73 bits per heavy atom. The van der Waals surface area contributed by atoms with Gasteiger partial charge in [-0.1, -0.05) is 30.1 Å². The SMILES string of the molecule is CCCN1C(=O)COc2ccc(C(=O)Cn3cc(Cl)cc(Cl)c3=O)cc21. The molecule has 1 aliphatic rings. The van der Waals surface area contributed by atoms with Crippen LogP contribution >= 0.6 is 23.2 Å². The Morgan fingerprint density at radius 2 is 2.00 bits per heavy atom. The lowest BCUT2D eigenvalue weighted by molar-refractivity contribution is -0.121. The van der Waals surface area contributed by atoms with Crippen molar-refractivity contribution in [2.75, 3.05) is 18.1 Å². The monoisotopic (exact) mass is 394 g/mol. The summed E-state index contributed by atoms with van der Waals surface area (Å²) in [5.74, 6) is 0.0991. The van der Waals surface area contributed by atoms with Crippen LogP contribution in [0, 0.1) is 0 Å². The van der Waals surface area contributed by atoms with Gasteiger partial charge < -0.3 is 14.2 Å². The summed E-state index contributed by atoms with van der Waals surface area (Å²) >= 11 is 11.7. The molecule has 0 atom stereocenters. The van der Waals surface area contributed by atoms with Gasteiger partial charge in [0.05, 0.1) is 17.3 Å². The molecule has 26 heavy (non-hydrogen) atoms. The third-order valence-electron chi connectivity index (χ3n) is 3.99. The zero-order valence-electron chi connectivity index (χ0n) is 14.0. The fourth-order valence-electron chi connectivity index (χ4n) is 2.77. The summed E-state index contributed by atoms with van der Waals surface area (Å²) < 4.78 is 6.59. The number of carbonyl (C=O) groups is 2. The van der Waals surface area contributed by atoms with E-state index >= 15 is 0 Å². The Labute approximate surface area is 159 Å². The van der Waals surface area contributed by atoms with Gasteiger partial charge in [0.2, 0.25) is 0 Å². The predicted octanol–water partition coefficient (Wildman–Crippen LogP) is 3.17. The number of Topliss-reactive ketones (excluding diaryl/α,β-unsaturated/α-hetero) is 1. The van der Waals surface area contributed by atoms with Crippen molar-refractivity contribution in [3.8, 4) is 5.75 Å². The van der Waals surface area contributed by atoms with Crippen molar-refractivity contribution >= 4 is 40.6 Å².